The zero-order chi connectivity index (χ0) is 17.6. The topological polar surface area (TPSA) is 37.4 Å². The molecule has 0 bridgehead atoms. The molecule has 130 valence electrons. The van der Waals surface area contributed by atoms with E-state index in [1.807, 2.05) is 12.1 Å². The molecule has 0 saturated heterocycles. The van der Waals surface area contributed by atoms with Crippen molar-refractivity contribution >= 4 is 27.5 Å². The van der Waals surface area contributed by atoms with Gasteiger partial charge in [0.25, 0.3) is 0 Å². The molecule has 1 aromatic rings. The average Bonchev–Trinajstić information content (AvgIpc) is 2.61. The van der Waals surface area contributed by atoms with Crippen LogP contribution >= 0.6 is 15.9 Å². The molecule has 0 spiro atoms. The van der Waals surface area contributed by atoms with Crippen LogP contribution in [0.25, 0.3) is 0 Å². The molecular formula is C21H22BrNO2. The second-order valence-electron chi connectivity index (χ2n) is 7.00. The highest BCUT2D eigenvalue weighted by atomic mass is 79.9. The molecule has 3 nitrogen and oxygen atoms in total. The number of allylic oxidation sites excluding steroid dienone is 4. The highest BCUT2D eigenvalue weighted by Crippen LogP contribution is 2.48. The van der Waals surface area contributed by atoms with E-state index in [0.29, 0.717) is 12.8 Å². The summed E-state index contributed by atoms with van der Waals surface area (Å²) < 4.78 is 1.01. The fourth-order valence-corrected chi connectivity index (χ4v) is 4.85. The Morgan fingerprint density at radius 1 is 0.920 bits per heavy atom. The first kappa shape index (κ1) is 16.8. The number of Topliss-reactive ketones (excluding diaryl/α,β-unsaturated/α-hetero) is 2. The van der Waals surface area contributed by atoms with Crippen molar-refractivity contribution in [2.75, 3.05) is 6.54 Å². The second-order valence-corrected chi connectivity index (χ2v) is 7.92. The molecule has 25 heavy (non-hydrogen) atoms. The minimum absolute atomic E-state index is 0.179. The quantitative estimate of drug-likeness (QED) is 0.710. The molecule has 0 atom stereocenters. The van der Waals surface area contributed by atoms with Gasteiger partial charge in [0.05, 0.1) is 0 Å². The standard InChI is InChI=1S/C21H22BrNO2/c1-2-23-15-5-3-7-17(24)20(15)19(13-9-11-14(22)12-10-13)21-16(23)6-4-8-18(21)25/h9-12,19H,2-8H2,1H3. The highest BCUT2D eigenvalue weighted by molar-refractivity contribution is 9.10. The summed E-state index contributed by atoms with van der Waals surface area (Å²) in [7, 11) is 0. The van der Waals surface area contributed by atoms with Gasteiger partial charge in [-0.1, -0.05) is 28.1 Å². The maximum Gasteiger partial charge on any atom is 0.161 e. The van der Waals surface area contributed by atoms with Gasteiger partial charge in [0.15, 0.2) is 11.6 Å². The first-order valence-electron chi connectivity index (χ1n) is 9.17. The van der Waals surface area contributed by atoms with Gasteiger partial charge in [0.2, 0.25) is 0 Å². The fraction of sp³-hybridized carbons (Fsp3) is 0.429. The Bertz CT molecular complexity index is 760. The summed E-state index contributed by atoms with van der Waals surface area (Å²) in [6.07, 6.45) is 4.90. The van der Waals surface area contributed by atoms with E-state index in [2.05, 4.69) is 39.9 Å². The molecule has 3 aliphatic rings. The molecule has 4 heteroatoms. The molecule has 0 saturated carbocycles. The molecule has 0 fully saturated rings. The molecule has 0 unspecified atom stereocenters. The van der Waals surface area contributed by atoms with Crippen LogP contribution in [0, 0.1) is 0 Å². The number of rotatable bonds is 2. The number of carbonyl (C=O) groups excluding carboxylic acids is 2. The summed E-state index contributed by atoms with van der Waals surface area (Å²) in [5.74, 6) is 0.261. The van der Waals surface area contributed by atoms with E-state index in [4.69, 9.17) is 0 Å². The normalized spacial score (nSPS) is 21.6. The van der Waals surface area contributed by atoms with Crippen LogP contribution in [0.4, 0.5) is 0 Å². The summed E-state index contributed by atoms with van der Waals surface area (Å²) in [4.78, 5) is 28.1. The van der Waals surface area contributed by atoms with Crippen LogP contribution in [0.15, 0.2) is 51.3 Å². The van der Waals surface area contributed by atoms with Crippen LogP contribution in [0.5, 0.6) is 0 Å². The Morgan fingerprint density at radius 3 is 1.92 bits per heavy atom. The van der Waals surface area contributed by atoms with Crippen molar-refractivity contribution in [2.45, 2.75) is 51.4 Å². The minimum atomic E-state index is -0.179. The SMILES string of the molecule is CCN1C2=C(C(=O)CCC2)C(c2ccc(Br)cc2)C2=C1CCCC2=O. The van der Waals surface area contributed by atoms with Crippen molar-refractivity contribution in [3.63, 3.8) is 0 Å². The van der Waals surface area contributed by atoms with E-state index in [1.165, 1.54) is 11.4 Å². The smallest absolute Gasteiger partial charge is 0.161 e. The van der Waals surface area contributed by atoms with Crippen molar-refractivity contribution < 1.29 is 9.59 Å². The fourth-order valence-electron chi connectivity index (χ4n) is 4.59. The van der Waals surface area contributed by atoms with Crippen molar-refractivity contribution in [3.8, 4) is 0 Å². The van der Waals surface area contributed by atoms with Crippen LogP contribution in [-0.2, 0) is 9.59 Å². The monoisotopic (exact) mass is 399 g/mol. The average molecular weight is 400 g/mol. The van der Waals surface area contributed by atoms with Crippen molar-refractivity contribution in [1.29, 1.82) is 0 Å². The van der Waals surface area contributed by atoms with E-state index < -0.39 is 0 Å². The van der Waals surface area contributed by atoms with Gasteiger partial charge in [-0.2, -0.15) is 0 Å². The van der Waals surface area contributed by atoms with E-state index in [0.717, 1.165) is 53.4 Å². The first-order chi connectivity index (χ1) is 12.1. The molecule has 2 aliphatic carbocycles. The molecule has 4 rings (SSSR count). The summed E-state index contributed by atoms with van der Waals surface area (Å²) in [5, 5.41) is 0. The summed E-state index contributed by atoms with van der Waals surface area (Å²) in [5.41, 5.74) is 5.15. The Balaban J connectivity index is 1.95. The van der Waals surface area contributed by atoms with E-state index in [-0.39, 0.29) is 17.5 Å². The van der Waals surface area contributed by atoms with Gasteiger partial charge < -0.3 is 4.90 Å². The van der Waals surface area contributed by atoms with Crippen LogP contribution < -0.4 is 0 Å². The molecule has 0 N–H and O–H groups in total. The van der Waals surface area contributed by atoms with Gasteiger partial charge >= 0.3 is 0 Å². The maximum absolute atomic E-state index is 12.9. The number of hydrogen-bond donors (Lipinski definition) is 0. The zero-order valence-corrected chi connectivity index (χ0v) is 16.1. The number of hydrogen-bond acceptors (Lipinski definition) is 3. The largest absolute Gasteiger partial charge is 0.348 e. The van der Waals surface area contributed by atoms with Crippen LogP contribution in [0.2, 0.25) is 0 Å². The third-order valence-electron chi connectivity index (χ3n) is 5.61. The molecule has 1 heterocycles. The lowest BCUT2D eigenvalue weighted by molar-refractivity contribution is -0.117. The van der Waals surface area contributed by atoms with Gasteiger partial charge in [-0.3, -0.25) is 9.59 Å². The Hall–Kier alpha value is -1.68. The number of benzene rings is 1. The Morgan fingerprint density at radius 2 is 1.44 bits per heavy atom. The summed E-state index contributed by atoms with van der Waals surface area (Å²) in [6, 6.07) is 8.11. The lowest BCUT2D eigenvalue weighted by atomic mass is 9.71. The van der Waals surface area contributed by atoms with E-state index in [9.17, 15) is 9.59 Å². The van der Waals surface area contributed by atoms with Gasteiger partial charge in [-0.15, -0.1) is 0 Å². The minimum Gasteiger partial charge on any atom is -0.348 e. The molecular weight excluding hydrogens is 378 g/mol. The van der Waals surface area contributed by atoms with Gasteiger partial charge in [0, 0.05) is 52.3 Å². The number of halogens is 1. The Kier molecular flexibility index (Phi) is 4.40. The molecule has 0 amide bonds. The predicted molar refractivity (Wildman–Crippen MR) is 101 cm³/mol. The third-order valence-corrected chi connectivity index (χ3v) is 6.13. The molecule has 0 radical (unpaired) electrons. The Labute approximate surface area is 156 Å². The van der Waals surface area contributed by atoms with Crippen molar-refractivity contribution in [1.82, 2.24) is 4.90 Å². The molecule has 0 aromatic heterocycles. The first-order valence-corrected chi connectivity index (χ1v) is 9.96. The van der Waals surface area contributed by atoms with E-state index in [1.54, 1.807) is 0 Å². The van der Waals surface area contributed by atoms with Crippen molar-refractivity contribution in [3.05, 3.63) is 56.8 Å². The third kappa shape index (κ3) is 2.71. The second kappa shape index (κ2) is 6.56. The van der Waals surface area contributed by atoms with Gasteiger partial charge in [-0.25, -0.2) is 0 Å². The zero-order valence-electron chi connectivity index (χ0n) is 14.5. The van der Waals surface area contributed by atoms with Gasteiger partial charge in [-0.05, 0) is 50.3 Å². The predicted octanol–water partition coefficient (Wildman–Crippen LogP) is 4.88. The highest BCUT2D eigenvalue weighted by Gasteiger charge is 2.42. The number of ketones is 2. The molecule has 1 aliphatic heterocycles. The van der Waals surface area contributed by atoms with Gasteiger partial charge in [0.1, 0.15) is 0 Å². The van der Waals surface area contributed by atoms with Crippen LogP contribution in [0.3, 0.4) is 0 Å². The van der Waals surface area contributed by atoms with E-state index >= 15 is 0 Å². The molecule has 1 aromatic carbocycles. The lowest BCUT2D eigenvalue weighted by Crippen LogP contribution is -2.39. The van der Waals surface area contributed by atoms with Crippen molar-refractivity contribution in [2.24, 2.45) is 0 Å². The summed E-state index contributed by atoms with van der Waals surface area (Å²) >= 11 is 3.49. The lowest BCUT2D eigenvalue weighted by Gasteiger charge is -2.43. The van der Waals surface area contributed by atoms with Crippen LogP contribution in [0.1, 0.15) is 56.9 Å². The summed E-state index contributed by atoms with van der Waals surface area (Å²) in [6.45, 7) is 2.94. The maximum atomic E-state index is 12.9. The van der Waals surface area contributed by atoms with Crippen LogP contribution in [-0.4, -0.2) is 23.0 Å². The number of carbonyl (C=O) groups is 2. The number of nitrogens with zero attached hydrogens (tertiary/aromatic N) is 1.